The average Bonchev–Trinajstić information content (AvgIpc) is 2.38. The predicted molar refractivity (Wildman–Crippen MR) is 56.3 cm³/mol. The number of amides is 1. The average molecular weight is 193 g/mol. The van der Waals surface area contributed by atoms with Crippen LogP contribution in [0, 0.1) is 0 Å². The lowest BCUT2D eigenvalue weighted by Crippen LogP contribution is -2.30. The Balaban J connectivity index is 2.77. The Morgan fingerprint density at radius 3 is 1.93 bits per heavy atom. The molecule has 1 amide bonds. The standard InChI is InChI=1S/C11H15NO2/c1-3-9-5-7-12(11(13)14)8-6-10(9)4-2/h3-4H,1-2,5-8H2,(H,13,14). The zero-order valence-corrected chi connectivity index (χ0v) is 8.20. The van der Waals surface area contributed by atoms with Crippen LogP contribution >= 0.6 is 0 Å². The van der Waals surface area contributed by atoms with Gasteiger partial charge in [-0.1, -0.05) is 25.3 Å². The first kappa shape index (κ1) is 10.6. The highest BCUT2D eigenvalue weighted by Crippen LogP contribution is 2.19. The minimum atomic E-state index is -0.848. The number of carbonyl (C=O) groups is 1. The highest BCUT2D eigenvalue weighted by atomic mass is 16.4. The van der Waals surface area contributed by atoms with Crippen molar-refractivity contribution in [1.82, 2.24) is 4.90 Å². The Kier molecular flexibility index (Phi) is 3.51. The summed E-state index contributed by atoms with van der Waals surface area (Å²) >= 11 is 0. The highest BCUT2D eigenvalue weighted by molar-refractivity contribution is 5.65. The Bertz CT molecular complexity index is 270. The summed E-state index contributed by atoms with van der Waals surface area (Å²) in [7, 11) is 0. The van der Waals surface area contributed by atoms with Gasteiger partial charge in [-0.25, -0.2) is 4.79 Å². The largest absolute Gasteiger partial charge is 0.465 e. The van der Waals surface area contributed by atoms with Crippen molar-refractivity contribution in [3.8, 4) is 0 Å². The molecule has 0 aromatic rings. The zero-order valence-electron chi connectivity index (χ0n) is 8.20. The van der Waals surface area contributed by atoms with E-state index in [0.29, 0.717) is 13.1 Å². The van der Waals surface area contributed by atoms with E-state index in [1.165, 1.54) is 4.90 Å². The molecular weight excluding hydrogens is 178 g/mol. The van der Waals surface area contributed by atoms with E-state index in [9.17, 15) is 4.79 Å². The summed E-state index contributed by atoms with van der Waals surface area (Å²) in [5.74, 6) is 0. The van der Waals surface area contributed by atoms with Crippen LogP contribution in [0.1, 0.15) is 12.8 Å². The van der Waals surface area contributed by atoms with Crippen LogP contribution in [0.4, 0.5) is 4.79 Å². The molecule has 0 fully saturated rings. The molecule has 0 saturated heterocycles. The second kappa shape index (κ2) is 4.65. The van der Waals surface area contributed by atoms with Gasteiger partial charge in [-0.2, -0.15) is 0 Å². The van der Waals surface area contributed by atoms with Gasteiger partial charge >= 0.3 is 6.09 Å². The van der Waals surface area contributed by atoms with Crippen molar-refractivity contribution < 1.29 is 9.90 Å². The van der Waals surface area contributed by atoms with Gasteiger partial charge in [0.15, 0.2) is 0 Å². The zero-order chi connectivity index (χ0) is 10.6. The van der Waals surface area contributed by atoms with E-state index in [1.54, 1.807) is 12.2 Å². The Labute approximate surface area is 84.0 Å². The molecule has 0 bridgehead atoms. The van der Waals surface area contributed by atoms with Crippen LogP contribution in [0.5, 0.6) is 0 Å². The number of rotatable bonds is 2. The van der Waals surface area contributed by atoms with E-state index in [-0.39, 0.29) is 0 Å². The van der Waals surface area contributed by atoms with Gasteiger partial charge in [0, 0.05) is 13.1 Å². The molecule has 3 heteroatoms. The molecule has 1 aliphatic heterocycles. The smallest absolute Gasteiger partial charge is 0.407 e. The summed E-state index contributed by atoms with van der Waals surface area (Å²) in [6, 6.07) is 0. The molecule has 3 nitrogen and oxygen atoms in total. The van der Waals surface area contributed by atoms with E-state index in [2.05, 4.69) is 13.2 Å². The fraction of sp³-hybridized carbons (Fsp3) is 0.364. The molecule has 76 valence electrons. The summed E-state index contributed by atoms with van der Waals surface area (Å²) in [5, 5.41) is 8.84. The summed E-state index contributed by atoms with van der Waals surface area (Å²) in [5.41, 5.74) is 2.23. The fourth-order valence-electron chi connectivity index (χ4n) is 1.60. The van der Waals surface area contributed by atoms with Gasteiger partial charge in [-0.3, -0.25) is 0 Å². The van der Waals surface area contributed by atoms with E-state index < -0.39 is 6.09 Å². The molecule has 1 rings (SSSR count). The molecule has 0 atom stereocenters. The lowest BCUT2D eigenvalue weighted by atomic mass is 10.0. The van der Waals surface area contributed by atoms with Gasteiger partial charge in [0.25, 0.3) is 0 Å². The molecule has 0 aromatic heterocycles. The van der Waals surface area contributed by atoms with E-state index >= 15 is 0 Å². The second-order valence-corrected chi connectivity index (χ2v) is 3.23. The van der Waals surface area contributed by atoms with Crippen molar-refractivity contribution in [1.29, 1.82) is 0 Å². The van der Waals surface area contributed by atoms with E-state index in [1.807, 2.05) is 0 Å². The lowest BCUT2D eigenvalue weighted by molar-refractivity contribution is 0.147. The van der Waals surface area contributed by atoms with Gasteiger partial charge in [0.05, 0.1) is 0 Å². The van der Waals surface area contributed by atoms with E-state index in [4.69, 9.17) is 5.11 Å². The molecule has 0 unspecified atom stereocenters. The Morgan fingerprint density at radius 2 is 1.64 bits per heavy atom. The second-order valence-electron chi connectivity index (χ2n) is 3.23. The number of nitrogens with zero attached hydrogens (tertiary/aromatic N) is 1. The van der Waals surface area contributed by atoms with Crippen molar-refractivity contribution in [3.05, 3.63) is 36.5 Å². The first-order valence-corrected chi connectivity index (χ1v) is 4.63. The molecule has 0 radical (unpaired) electrons. The molecule has 1 N–H and O–H groups in total. The van der Waals surface area contributed by atoms with Crippen LogP contribution in [0.15, 0.2) is 36.5 Å². The third-order valence-electron chi connectivity index (χ3n) is 2.48. The Hall–Kier alpha value is -1.51. The van der Waals surface area contributed by atoms with Crippen molar-refractivity contribution in [2.45, 2.75) is 12.8 Å². The van der Waals surface area contributed by atoms with Gasteiger partial charge < -0.3 is 10.0 Å². The van der Waals surface area contributed by atoms with Crippen LogP contribution < -0.4 is 0 Å². The first-order valence-electron chi connectivity index (χ1n) is 4.63. The molecule has 0 aromatic carbocycles. The third-order valence-corrected chi connectivity index (χ3v) is 2.48. The van der Waals surface area contributed by atoms with Gasteiger partial charge in [0.2, 0.25) is 0 Å². The SMILES string of the molecule is C=CC1=C(C=C)CCN(C(=O)O)CC1. The minimum Gasteiger partial charge on any atom is -0.465 e. The number of allylic oxidation sites excluding steroid dienone is 2. The maximum Gasteiger partial charge on any atom is 0.407 e. The quantitative estimate of drug-likeness (QED) is 0.731. The summed E-state index contributed by atoms with van der Waals surface area (Å²) < 4.78 is 0. The Morgan fingerprint density at radius 1 is 1.21 bits per heavy atom. The molecule has 1 aliphatic rings. The summed E-state index contributed by atoms with van der Waals surface area (Å²) in [6.45, 7) is 8.54. The maximum atomic E-state index is 10.8. The predicted octanol–water partition coefficient (Wildman–Crippen LogP) is 2.43. The normalized spacial score (nSPS) is 17.6. The van der Waals surface area contributed by atoms with Crippen LogP contribution in [0.2, 0.25) is 0 Å². The molecule has 0 spiro atoms. The van der Waals surface area contributed by atoms with Gasteiger partial charge in [-0.15, -0.1) is 0 Å². The van der Waals surface area contributed by atoms with Crippen molar-refractivity contribution in [3.63, 3.8) is 0 Å². The van der Waals surface area contributed by atoms with Gasteiger partial charge in [-0.05, 0) is 24.0 Å². The topological polar surface area (TPSA) is 40.5 Å². The number of hydrogen-bond acceptors (Lipinski definition) is 1. The molecule has 0 aliphatic carbocycles. The summed E-state index contributed by atoms with van der Waals surface area (Å²) in [4.78, 5) is 12.2. The highest BCUT2D eigenvalue weighted by Gasteiger charge is 2.16. The molecule has 0 saturated carbocycles. The summed E-state index contributed by atoms with van der Waals surface area (Å²) in [6.07, 6.45) is 4.21. The van der Waals surface area contributed by atoms with Crippen molar-refractivity contribution in [2.75, 3.05) is 13.1 Å². The van der Waals surface area contributed by atoms with Crippen LogP contribution in [-0.2, 0) is 0 Å². The number of hydrogen-bond donors (Lipinski definition) is 1. The van der Waals surface area contributed by atoms with Crippen LogP contribution in [-0.4, -0.2) is 29.2 Å². The molecule has 1 heterocycles. The van der Waals surface area contributed by atoms with Crippen molar-refractivity contribution in [2.24, 2.45) is 0 Å². The third kappa shape index (κ3) is 2.25. The number of carboxylic acid groups (broad SMARTS) is 1. The van der Waals surface area contributed by atoms with Crippen LogP contribution in [0.25, 0.3) is 0 Å². The first-order chi connectivity index (χ1) is 6.69. The maximum absolute atomic E-state index is 10.8. The van der Waals surface area contributed by atoms with Crippen LogP contribution in [0.3, 0.4) is 0 Å². The fourth-order valence-corrected chi connectivity index (χ4v) is 1.60. The van der Waals surface area contributed by atoms with E-state index in [0.717, 1.165) is 24.0 Å². The monoisotopic (exact) mass is 193 g/mol. The van der Waals surface area contributed by atoms with Crippen molar-refractivity contribution >= 4 is 6.09 Å². The van der Waals surface area contributed by atoms with Gasteiger partial charge in [0.1, 0.15) is 0 Å². The minimum absolute atomic E-state index is 0.550. The molecule has 14 heavy (non-hydrogen) atoms. The molecular formula is C11H15NO2. The lowest BCUT2D eigenvalue weighted by Gasteiger charge is -2.15.